The van der Waals surface area contributed by atoms with E-state index in [9.17, 15) is 5.11 Å². The van der Waals surface area contributed by atoms with Gasteiger partial charge in [0.1, 0.15) is 5.75 Å². The van der Waals surface area contributed by atoms with Crippen molar-refractivity contribution in [2.45, 2.75) is 12.5 Å². The maximum atomic E-state index is 9.47. The molecule has 0 aliphatic carbocycles. The summed E-state index contributed by atoms with van der Waals surface area (Å²) >= 11 is 0. The molecule has 0 amide bonds. The monoisotopic (exact) mass is 271 g/mol. The van der Waals surface area contributed by atoms with Gasteiger partial charge in [-0.3, -0.25) is 0 Å². The number of aliphatic hydroxyl groups excluding tert-OH is 1. The summed E-state index contributed by atoms with van der Waals surface area (Å²) in [5, 5.41) is 9.47. The molecule has 0 aliphatic heterocycles. The number of ether oxygens (including phenoxy) is 4. The van der Waals surface area contributed by atoms with Gasteiger partial charge in [-0.2, -0.15) is 0 Å². The van der Waals surface area contributed by atoms with Gasteiger partial charge in [-0.1, -0.05) is 0 Å². The molecule has 6 heteroatoms. The molecular weight excluding hydrogens is 250 g/mol. The third kappa shape index (κ3) is 2.69. The number of methoxy groups -OCH3 is 4. The maximum Gasteiger partial charge on any atom is 0.203 e. The van der Waals surface area contributed by atoms with Crippen LogP contribution in [0, 0.1) is 0 Å². The molecule has 1 aromatic carbocycles. The summed E-state index contributed by atoms with van der Waals surface area (Å²) < 4.78 is 21.2. The standard InChI is InChI=1S/C13H21NO5/c1-13(14,7-15)10-8(16-2)6-9(17-3)11(18-4)12(10)19-5/h6,15H,7,14H2,1-5H3/t13-/m0/s1. The van der Waals surface area contributed by atoms with Gasteiger partial charge in [-0.05, 0) is 6.92 Å². The van der Waals surface area contributed by atoms with E-state index in [0.29, 0.717) is 28.6 Å². The fourth-order valence-electron chi connectivity index (χ4n) is 1.91. The quantitative estimate of drug-likeness (QED) is 0.799. The van der Waals surface area contributed by atoms with E-state index in [1.54, 1.807) is 13.0 Å². The first-order chi connectivity index (χ1) is 8.96. The Bertz CT molecular complexity index is 445. The zero-order chi connectivity index (χ0) is 14.6. The molecule has 1 rings (SSSR count). The second kappa shape index (κ2) is 5.99. The summed E-state index contributed by atoms with van der Waals surface area (Å²) in [6.45, 7) is 1.41. The Kier molecular flexibility index (Phi) is 4.85. The van der Waals surface area contributed by atoms with Crippen molar-refractivity contribution in [3.63, 3.8) is 0 Å². The Balaban J connectivity index is 3.68. The third-order valence-corrected chi connectivity index (χ3v) is 2.91. The van der Waals surface area contributed by atoms with Crippen LogP contribution in [0.2, 0.25) is 0 Å². The van der Waals surface area contributed by atoms with Gasteiger partial charge in [0.2, 0.25) is 5.75 Å². The van der Waals surface area contributed by atoms with Crippen LogP contribution >= 0.6 is 0 Å². The van der Waals surface area contributed by atoms with Crippen LogP contribution in [-0.2, 0) is 5.54 Å². The zero-order valence-corrected chi connectivity index (χ0v) is 11.9. The zero-order valence-electron chi connectivity index (χ0n) is 11.9. The SMILES string of the molecule is COc1cc(OC)c([C@@](C)(N)CO)c(OC)c1OC. The topological polar surface area (TPSA) is 83.2 Å². The number of aliphatic hydroxyl groups is 1. The largest absolute Gasteiger partial charge is 0.496 e. The van der Waals surface area contributed by atoms with Crippen LogP contribution in [-0.4, -0.2) is 40.2 Å². The summed E-state index contributed by atoms with van der Waals surface area (Å²) in [4.78, 5) is 0. The first-order valence-electron chi connectivity index (χ1n) is 5.74. The highest BCUT2D eigenvalue weighted by molar-refractivity contribution is 5.63. The van der Waals surface area contributed by atoms with E-state index in [4.69, 9.17) is 24.7 Å². The van der Waals surface area contributed by atoms with Crippen molar-refractivity contribution in [1.29, 1.82) is 0 Å². The van der Waals surface area contributed by atoms with Crippen molar-refractivity contribution in [1.82, 2.24) is 0 Å². The van der Waals surface area contributed by atoms with Crippen molar-refractivity contribution in [3.8, 4) is 23.0 Å². The molecule has 0 unspecified atom stereocenters. The fourth-order valence-corrected chi connectivity index (χ4v) is 1.91. The molecule has 19 heavy (non-hydrogen) atoms. The van der Waals surface area contributed by atoms with Crippen LogP contribution in [0.25, 0.3) is 0 Å². The minimum Gasteiger partial charge on any atom is -0.496 e. The van der Waals surface area contributed by atoms with Gasteiger partial charge in [0.25, 0.3) is 0 Å². The lowest BCUT2D eigenvalue weighted by molar-refractivity contribution is 0.200. The minimum absolute atomic E-state index is 0.269. The Morgan fingerprint density at radius 3 is 1.89 bits per heavy atom. The van der Waals surface area contributed by atoms with Crippen molar-refractivity contribution in [3.05, 3.63) is 11.6 Å². The van der Waals surface area contributed by atoms with Gasteiger partial charge in [-0.15, -0.1) is 0 Å². The number of hydrogen-bond acceptors (Lipinski definition) is 6. The maximum absolute atomic E-state index is 9.47. The second-order valence-electron chi connectivity index (χ2n) is 4.30. The van der Waals surface area contributed by atoms with E-state index in [1.807, 2.05) is 0 Å². The molecule has 0 heterocycles. The summed E-state index contributed by atoms with van der Waals surface area (Å²) in [5.74, 6) is 1.73. The summed E-state index contributed by atoms with van der Waals surface area (Å²) in [6, 6.07) is 1.65. The fraction of sp³-hybridized carbons (Fsp3) is 0.538. The molecule has 0 bridgehead atoms. The van der Waals surface area contributed by atoms with Crippen LogP contribution in [0.1, 0.15) is 12.5 Å². The molecule has 0 saturated carbocycles. The van der Waals surface area contributed by atoms with Gasteiger partial charge in [0, 0.05) is 6.07 Å². The van der Waals surface area contributed by atoms with Gasteiger partial charge < -0.3 is 29.8 Å². The molecule has 1 atom stereocenters. The highest BCUT2D eigenvalue weighted by atomic mass is 16.5. The molecule has 0 aromatic heterocycles. The molecule has 0 fully saturated rings. The Morgan fingerprint density at radius 1 is 1.00 bits per heavy atom. The Hall–Kier alpha value is -1.66. The average molecular weight is 271 g/mol. The summed E-state index contributed by atoms with van der Waals surface area (Å²) in [5.41, 5.74) is 5.59. The lowest BCUT2D eigenvalue weighted by Gasteiger charge is -2.28. The first-order valence-corrected chi connectivity index (χ1v) is 5.74. The smallest absolute Gasteiger partial charge is 0.203 e. The lowest BCUT2D eigenvalue weighted by atomic mass is 9.91. The van der Waals surface area contributed by atoms with E-state index < -0.39 is 5.54 Å². The molecule has 0 spiro atoms. The van der Waals surface area contributed by atoms with E-state index in [-0.39, 0.29) is 6.61 Å². The highest BCUT2D eigenvalue weighted by Gasteiger charge is 2.32. The van der Waals surface area contributed by atoms with E-state index in [0.717, 1.165) is 0 Å². The van der Waals surface area contributed by atoms with Crippen LogP contribution in [0.15, 0.2) is 6.07 Å². The van der Waals surface area contributed by atoms with Crippen molar-refractivity contribution >= 4 is 0 Å². The summed E-state index contributed by atoms with van der Waals surface area (Å²) in [7, 11) is 6.03. The predicted octanol–water partition coefficient (Wildman–Crippen LogP) is 0.887. The normalized spacial score (nSPS) is 13.6. The second-order valence-corrected chi connectivity index (χ2v) is 4.30. The Morgan fingerprint density at radius 2 is 1.53 bits per heavy atom. The average Bonchev–Trinajstić information content (AvgIpc) is 2.44. The van der Waals surface area contributed by atoms with E-state index in [2.05, 4.69) is 0 Å². The molecule has 6 nitrogen and oxygen atoms in total. The van der Waals surface area contributed by atoms with Crippen molar-refractivity contribution in [2.24, 2.45) is 5.73 Å². The highest BCUT2D eigenvalue weighted by Crippen LogP contribution is 2.48. The third-order valence-electron chi connectivity index (χ3n) is 2.91. The summed E-state index contributed by atoms with van der Waals surface area (Å²) in [6.07, 6.45) is 0. The van der Waals surface area contributed by atoms with E-state index >= 15 is 0 Å². The van der Waals surface area contributed by atoms with Crippen molar-refractivity contribution < 1.29 is 24.1 Å². The molecule has 0 saturated heterocycles. The van der Waals surface area contributed by atoms with E-state index in [1.165, 1.54) is 28.4 Å². The van der Waals surface area contributed by atoms with Gasteiger partial charge in [0.15, 0.2) is 11.5 Å². The molecule has 0 radical (unpaired) electrons. The first kappa shape index (κ1) is 15.4. The molecule has 1 aromatic rings. The van der Waals surface area contributed by atoms with Crippen LogP contribution in [0.4, 0.5) is 0 Å². The van der Waals surface area contributed by atoms with Gasteiger partial charge >= 0.3 is 0 Å². The van der Waals surface area contributed by atoms with Crippen LogP contribution < -0.4 is 24.7 Å². The Labute approximate surface area is 113 Å². The molecular formula is C13H21NO5. The predicted molar refractivity (Wildman–Crippen MR) is 71.3 cm³/mol. The number of nitrogens with two attached hydrogens (primary N) is 1. The van der Waals surface area contributed by atoms with Crippen LogP contribution in [0.3, 0.4) is 0 Å². The number of hydrogen-bond donors (Lipinski definition) is 2. The minimum atomic E-state index is -1.03. The number of benzene rings is 1. The van der Waals surface area contributed by atoms with Crippen LogP contribution in [0.5, 0.6) is 23.0 Å². The molecule has 0 aliphatic rings. The molecule has 108 valence electrons. The molecule has 3 N–H and O–H groups in total. The number of rotatable bonds is 6. The van der Waals surface area contributed by atoms with Gasteiger partial charge in [-0.25, -0.2) is 0 Å². The van der Waals surface area contributed by atoms with Crippen molar-refractivity contribution in [2.75, 3.05) is 35.0 Å². The lowest BCUT2D eigenvalue weighted by Crippen LogP contribution is -2.37. The van der Waals surface area contributed by atoms with Gasteiger partial charge in [0.05, 0.1) is 46.1 Å².